The number of hydrogen-bond acceptors (Lipinski definition) is 4. The lowest BCUT2D eigenvalue weighted by molar-refractivity contribution is 0.276. The maximum Gasteiger partial charge on any atom is 0.0987 e. The lowest BCUT2D eigenvalue weighted by Crippen LogP contribution is -2.26. The largest absolute Gasteiger partial charge is 0.387 e. The molecule has 0 spiro atoms. The van der Waals surface area contributed by atoms with Crippen LogP contribution < -0.4 is 10.6 Å². The highest BCUT2D eigenvalue weighted by molar-refractivity contribution is 7.98. The number of rotatable bonds is 18. The van der Waals surface area contributed by atoms with Crippen molar-refractivity contribution < 1.29 is 4.39 Å². The van der Waals surface area contributed by atoms with Crippen LogP contribution in [0.25, 0.3) is 0 Å². The van der Waals surface area contributed by atoms with Crippen LogP contribution in [0.5, 0.6) is 0 Å². The molecule has 2 N–H and O–H groups in total. The molecule has 0 saturated heterocycles. The number of nitrogens with one attached hydrogen (secondary N) is 2. The maximum atomic E-state index is 13.5. The zero-order valence-electron chi connectivity index (χ0n) is 26.3. The van der Waals surface area contributed by atoms with Gasteiger partial charge in [0.05, 0.1) is 12.4 Å². The number of alkyl halides is 1. The number of nitrogens with zero attached hydrogens (tertiary/aromatic N) is 1. The molecule has 2 rings (SSSR count). The summed E-state index contributed by atoms with van der Waals surface area (Å²) in [6, 6.07) is 4.73. The van der Waals surface area contributed by atoms with Crippen LogP contribution in [0, 0.1) is 12.3 Å². The third-order valence-corrected chi connectivity index (χ3v) is 8.66. The fraction of sp³-hybridized carbons (Fsp3) is 0.472. The molecule has 0 radical (unpaired) electrons. The zero-order valence-corrected chi connectivity index (χ0v) is 27.2. The van der Waals surface area contributed by atoms with Crippen LogP contribution in [0.1, 0.15) is 75.6 Å². The molecule has 0 aromatic heterocycles. The molecule has 224 valence electrons. The smallest absolute Gasteiger partial charge is 0.0987 e. The molecule has 0 heterocycles. The molecule has 1 unspecified atom stereocenters. The molecule has 1 aliphatic carbocycles. The van der Waals surface area contributed by atoms with E-state index in [-0.39, 0.29) is 0 Å². The summed E-state index contributed by atoms with van der Waals surface area (Å²) < 4.78 is 13.5. The van der Waals surface area contributed by atoms with Crippen molar-refractivity contribution in [3.63, 3.8) is 0 Å². The summed E-state index contributed by atoms with van der Waals surface area (Å²) in [6.07, 6.45) is 20.3. The minimum absolute atomic E-state index is 0.393. The monoisotopic (exact) mass is 577 g/mol. The van der Waals surface area contributed by atoms with Gasteiger partial charge in [-0.15, -0.1) is 0 Å². The second kappa shape index (κ2) is 17.9. The third-order valence-electron chi connectivity index (χ3n) is 7.97. The molecule has 0 fully saturated rings. The molecule has 1 atom stereocenters. The fourth-order valence-corrected chi connectivity index (χ4v) is 5.34. The van der Waals surface area contributed by atoms with E-state index in [2.05, 4.69) is 80.3 Å². The lowest BCUT2D eigenvalue weighted by Gasteiger charge is -2.26. The van der Waals surface area contributed by atoms with E-state index < -0.39 is 12.1 Å². The first-order chi connectivity index (χ1) is 19.7. The Labute approximate surface area is 254 Å². The summed E-state index contributed by atoms with van der Waals surface area (Å²) in [7, 11) is 0. The predicted octanol–water partition coefficient (Wildman–Crippen LogP) is 8.97. The molecule has 0 aliphatic heterocycles. The van der Waals surface area contributed by atoms with E-state index in [0.717, 1.165) is 62.2 Å². The molecule has 1 aromatic rings. The summed E-state index contributed by atoms with van der Waals surface area (Å²) in [5.41, 5.74) is 10.2. The SMILES string of the molecule is C=C/N=C(/CC1=CCC(NCCN/C(C)=C/C(=C)C(C)(CC)CF)=CC=C1)c1cc(CC)c(CCCSC)cc1C. The van der Waals surface area contributed by atoms with Crippen LogP contribution in [0.4, 0.5) is 4.39 Å². The van der Waals surface area contributed by atoms with Crippen molar-refractivity contribution in [2.45, 2.75) is 73.1 Å². The van der Waals surface area contributed by atoms with E-state index in [4.69, 9.17) is 4.99 Å². The number of aliphatic imine (C=N–C) groups is 1. The van der Waals surface area contributed by atoms with Gasteiger partial charge in [-0.2, -0.15) is 11.8 Å². The minimum Gasteiger partial charge on any atom is -0.387 e. The van der Waals surface area contributed by atoms with E-state index >= 15 is 0 Å². The van der Waals surface area contributed by atoms with Crippen LogP contribution >= 0.6 is 11.8 Å². The second-order valence-electron chi connectivity index (χ2n) is 11.1. The number of thioether (sulfide) groups is 1. The van der Waals surface area contributed by atoms with E-state index in [1.807, 2.05) is 38.6 Å². The fourth-order valence-electron chi connectivity index (χ4n) is 4.91. The van der Waals surface area contributed by atoms with Crippen molar-refractivity contribution in [1.82, 2.24) is 10.6 Å². The first-order valence-corrected chi connectivity index (χ1v) is 16.4. The minimum atomic E-state index is -0.493. The van der Waals surface area contributed by atoms with Gasteiger partial charge in [0, 0.05) is 48.9 Å². The Morgan fingerprint density at radius 2 is 2.00 bits per heavy atom. The number of hydrogen-bond donors (Lipinski definition) is 2. The van der Waals surface area contributed by atoms with E-state index in [0.29, 0.717) is 0 Å². The van der Waals surface area contributed by atoms with Gasteiger partial charge in [0.25, 0.3) is 0 Å². The van der Waals surface area contributed by atoms with Gasteiger partial charge in [-0.05, 0) is 103 Å². The highest BCUT2D eigenvalue weighted by atomic mass is 32.2. The number of benzene rings is 1. The van der Waals surface area contributed by atoms with Gasteiger partial charge in [-0.3, -0.25) is 9.38 Å². The van der Waals surface area contributed by atoms with E-state index in [1.54, 1.807) is 6.20 Å². The van der Waals surface area contributed by atoms with Gasteiger partial charge in [0.2, 0.25) is 0 Å². The molecule has 3 nitrogen and oxygen atoms in total. The highest BCUT2D eigenvalue weighted by Gasteiger charge is 2.24. The average molecular weight is 578 g/mol. The summed E-state index contributed by atoms with van der Waals surface area (Å²) >= 11 is 1.91. The predicted molar refractivity (Wildman–Crippen MR) is 182 cm³/mol. The van der Waals surface area contributed by atoms with Crippen LogP contribution in [-0.2, 0) is 12.8 Å². The van der Waals surface area contributed by atoms with Crippen LogP contribution in [0.2, 0.25) is 0 Å². The Bertz CT molecular complexity index is 1180. The Balaban J connectivity index is 1.99. The van der Waals surface area contributed by atoms with Crippen molar-refractivity contribution >= 4 is 17.5 Å². The zero-order chi connectivity index (χ0) is 30.3. The molecule has 0 amide bonds. The first-order valence-electron chi connectivity index (χ1n) is 15.0. The van der Waals surface area contributed by atoms with Gasteiger partial charge in [-0.1, -0.05) is 58.2 Å². The number of halogens is 1. The van der Waals surface area contributed by atoms with Gasteiger partial charge in [0.1, 0.15) is 0 Å². The standard InChI is InChI=1S/C36H52FN3S/c1-9-31-25-34(27(4)22-32(31)15-13-21-41-8)35(38-11-3)24-30-14-12-16-33(18-17-30)40-20-19-39-29(6)23-28(5)36(7,10-2)26-37/h11-12,14,16-17,22-23,25,39-40H,3,5,9-10,13,15,18-21,24,26H2,1-2,4,6-8H3/b29-23+,38-35-. The summed E-state index contributed by atoms with van der Waals surface area (Å²) in [6.45, 7) is 19.6. The molecule has 1 aromatic carbocycles. The van der Waals surface area contributed by atoms with Gasteiger partial charge < -0.3 is 10.6 Å². The van der Waals surface area contributed by atoms with E-state index in [1.165, 1.54) is 45.7 Å². The third kappa shape index (κ3) is 10.8. The highest BCUT2D eigenvalue weighted by Crippen LogP contribution is 2.31. The summed E-state index contributed by atoms with van der Waals surface area (Å²) in [5.74, 6) is 1.20. The van der Waals surface area contributed by atoms with Crippen LogP contribution in [-0.4, -0.2) is 37.5 Å². The van der Waals surface area contributed by atoms with Crippen molar-refractivity contribution in [3.8, 4) is 0 Å². The molecule has 5 heteroatoms. The van der Waals surface area contributed by atoms with E-state index in [9.17, 15) is 4.39 Å². The summed E-state index contributed by atoms with van der Waals surface area (Å²) in [4.78, 5) is 4.73. The van der Waals surface area contributed by atoms with Crippen molar-refractivity contribution in [1.29, 1.82) is 0 Å². The van der Waals surface area contributed by atoms with Gasteiger partial charge in [-0.25, -0.2) is 0 Å². The number of aryl methyl sites for hydroxylation is 3. The van der Waals surface area contributed by atoms with Crippen molar-refractivity contribution in [2.75, 3.05) is 31.8 Å². The van der Waals surface area contributed by atoms with Gasteiger partial charge in [0.15, 0.2) is 0 Å². The quantitative estimate of drug-likeness (QED) is 0.104. The normalized spacial score (nSPS) is 15.5. The molecular weight excluding hydrogens is 525 g/mol. The Kier molecular flexibility index (Phi) is 15.0. The molecule has 0 saturated carbocycles. The van der Waals surface area contributed by atoms with Crippen LogP contribution in [0.15, 0.2) is 89.4 Å². The maximum absolute atomic E-state index is 13.5. The van der Waals surface area contributed by atoms with Crippen molar-refractivity contribution in [2.24, 2.45) is 10.4 Å². The Hall–Kier alpha value is -2.79. The molecule has 0 bridgehead atoms. The topological polar surface area (TPSA) is 36.4 Å². The second-order valence-corrected chi connectivity index (χ2v) is 12.1. The average Bonchev–Trinajstić information content (AvgIpc) is 3.19. The lowest BCUT2D eigenvalue weighted by atomic mass is 9.81. The molecule has 1 aliphatic rings. The van der Waals surface area contributed by atoms with Crippen molar-refractivity contribution in [3.05, 3.63) is 107 Å². The number of allylic oxidation sites excluding steroid dienone is 8. The Morgan fingerprint density at radius 3 is 2.66 bits per heavy atom. The van der Waals surface area contributed by atoms with Gasteiger partial charge >= 0.3 is 0 Å². The first kappa shape index (κ1) is 34.4. The Morgan fingerprint density at radius 1 is 1.22 bits per heavy atom. The molecule has 41 heavy (non-hydrogen) atoms. The summed E-state index contributed by atoms with van der Waals surface area (Å²) in [5, 5.41) is 6.97. The molecular formula is C36H52FN3S. The van der Waals surface area contributed by atoms with Crippen LogP contribution in [0.3, 0.4) is 0 Å².